The van der Waals surface area contributed by atoms with Gasteiger partial charge in [-0.2, -0.15) is 0 Å². The molecule has 1 aromatic heterocycles. The Morgan fingerprint density at radius 2 is 1.82 bits per heavy atom. The van der Waals surface area contributed by atoms with Crippen molar-refractivity contribution in [1.29, 1.82) is 0 Å². The Morgan fingerprint density at radius 1 is 1.06 bits per heavy atom. The summed E-state index contributed by atoms with van der Waals surface area (Å²) in [5.74, 6) is 2.69. The maximum absolute atomic E-state index is 8.95. The van der Waals surface area contributed by atoms with Crippen LogP contribution in [0.5, 0.6) is 0 Å². The van der Waals surface area contributed by atoms with Crippen molar-refractivity contribution >= 4 is 24.3 Å². The molecule has 0 amide bonds. The van der Waals surface area contributed by atoms with Crippen LogP contribution in [0.1, 0.15) is 11.3 Å². The molecule has 0 unspecified atom stereocenters. The minimum Gasteiger partial charge on any atom is -0.468 e. The minimum absolute atomic E-state index is 0.518. The molecule has 0 bridgehead atoms. The predicted octanol–water partition coefficient (Wildman–Crippen LogP) is 1.39. The van der Waals surface area contributed by atoms with Gasteiger partial charge < -0.3 is 14.5 Å². The smallest absolute Gasteiger partial charge is 0.468 e. The summed E-state index contributed by atoms with van der Waals surface area (Å²) in [6.07, 6.45) is 1.67. The number of rotatable bonds is 5. The molecule has 0 fully saturated rings. The fraction of sp³-hybridized carbons (Fsp3) is 0.167. The van der Waals surface area contributed by atoms with E-state index in [1.165, 1.54) is 0 Å². The van der Waals surface area contributed by atoms with E-state index in [9.17, 15) is 0 Å². The predicted molar refractivity (Wildman–Crippen MR) is 70.0 cm³/mol. The Morgan fingerprint density at radius 3 is 2.41 bits per heavy atom. The molecule has 0 spiro atoms. The van der Waals surface area contributed by atoms with E-state index in [0.717, 1.165) is 22.8 Å². The van der Waals surface area contributed by atoms with E-state index in [-0.39, 0.29) is 0 Å². The lowest BCUT2D eigenvalue weighted by Gasteiger charge is -2.03. The first-order valence-corrected chi connectivity index (χ1v) is 6.46. The van der Waals surface area contributed by atoms with Gasteiger partial charge in [0.15, 0.2) is 0 Å². The number of furan rings is 1. The van der Waals surface area contributed by atoms with Gasteiger partial charge in [0, 0.05) is 5.75 Å². The third kappa shape index (κ3) is 3.66. The normalized spacial score (nSPS) is 10.5. The largest absolute Gasteiger partial charge is 0.488 e. The van der Waals surface area contributed by atoms with Crippen LogP contribution in [-0.2, 0) is 11.5 Å². The topological polar surface area (TPSA) is 53.6 Å². The van der Waals surface area contributed by atoms with Gasteiger partial charge in [-0.15, -0.1) is 11.8 Å². The van der Waals surface area contributed by atoms with Gasteiger partial charge in [-0.25, -0.2) is 0 Å². The molecule has 0 saturated heterocycles. The fourth-order valence-electron chi connectivity index (χ4n) is 1.45. The average Bonchev–Trinajstić information content (AvgIpc) is 2.83. The van der Waals surface area contributed by atoms with Crippen LogP contribution in [0.3, 0.4) is 0 Å². The van der Waals surface area contributed by atoms with Gasteiger partial charge in [-0.05, 0) is 23.2 Å². The summed E-state index contributed by atoms with van der Waals surface area (Å²) in [6.45, 7) is 0. The summed E-state index contributed by atoms with van der Waals surface area (Å²) in [5, 5.41) is 17.9. The van der Waals surface area contributed by atoms with Gasteiger partial charge >= 0.3 is 7.12 Å². The van der Waals surface area contributed by atoms with Gasteiger partial charge in [0.05, 0.1) is 12.0 Å². The van der Waals surface area contributed by atoms with E-state index in [0.29, 0.717) is 5.46 Å². The molecule has 5 heteroatoms. The van der Waals surface area contributed by atoms with Crippen molar-refractivity contribution in [3.63, 3.8) is 0 Å². The molecule has 3 nitrogen and oxygen atoms in total. The van der Waals surface area contributed by atoms with E-state index < -0.39 is 7.12 Å². The zero-order chi connectivity index (χ0) is 12.1. The molecule has 2 rings (SSSR count). The highest BCUT2D eigenvalue weighted by Crippen LogP contribution is 2.17. The lowest BCUT2D eigenvalue weighted by Crippen LogP contribution is -2.29. The summed E-state index contributed by atoms with van der Waals surface area (Å²) < 4.78 is 5.24. The van der Waals surface area contributed by atoms with Crippen LogP contribution in [0.25, 0.3) is 0 Å². The van der Waals surface area contributed by atoms with Crippen LogP contribution in [0.15, 0.2) is 47.1 Å². The lowest BCUT2D eigenvalue weighted by molar-refractivity contribution is 0.426. The number of thioether (sulfide) groups is 1. The van der Waals surface area contributed by atoms with E-state index in [1.807, 2.05) is 24.3 Å². The van der Waals surface area contributed by atoms with Crippen molar-refractivity contribution in [2.45, 2.75) is 11.5 Å². The van der Waals surface area contributed by atoms with E-state index in [1.54, 1.807) is 30.2 Å². The summed E-state index contributed by atoms with van der Waals surface area (Å²) in [7, 11) is -1.39. The Bertz CT molecular complexity index is 439. The molecule has 0 radical (unpaired) electrons. The first-order chi connectivity index (χ1) is 8.25. The summed E-state index contributed by atoms with van der Waals surface area (Å²) in [6, 6.07) is 11.1. The second-order valence-corrected chi connectivity index (χ2v) is 4.67. The molecule has 0 aliphatic heterocycles. The molecule has 0 aliphatic rings. The van der Waals surface area contributed by atoms with Crippen molar-refractivity contribution in [2.75, 3.05) is 0 Å². The van der Waals surface area contributed by atoms with Gasteiger partial charge in [0.2, 0.25) is 0 Å². The van der Waals surface area contributed by atoms with Crippen LogP contribution < -0.4 is 5.46 Å². The molecule has 17 heavy (non-hydrogen) atoms. The zero-order valence-electron chi connectivity index (χ0n) is 9.24. The first-order valence-electron chi connectivity index (χ1n) is 5.31. The monoisotopic (exact) mass is 248 g/mol. The maximum atomic E-state index is 8.95. The molecule has 0 aliphatic carbocycles. The SMILES string of the molecule is OB(O)c1ccc(CSCc2ccco2)cc1. The van der Waals surface area contributed by atoms with Crippen molar-refractivity contribution in [1.82, 2.24) is 0 Å². The van der Waals surface area contributed by atoms with Crippen LogP contribution in [0.2, 0.25) is 0 Å². The summed E-state index contributed by atoms with van der Waals surface area (Å²) >= 11 is 1.76. The highest BCUT2D eigenvalue weighted by atomic mass is 32.2. The third-order valence-electron chi connectivity index (χ3n) is 2.37. The number of benzene rings is 1. The second kappa shape index (κ2) is 5.96. The molecule has 0 atom stereocenters. The molecule has 88 valence electrons. The number of hydrogen-bond acceptors (Lipinski definition) is 4. The zero-order valence-corrected chi connectivity index (χ0v) is 10.1. The molecular weight excluding hydrogens is 235 g/mol. The average molecular weight is 248 g/mol. The van der Waals surface area contributed by atoms with Crippen molar-refractivity contribution in [3.05, 3.63) is 54.0 Å². The highest BCUT2D eigenvalue weighted by Gasteiger charge is 2.09. The molecule has 1 aromatic carbocycles. The Kier molecular flexibility index (Phi) is 4.31. The van der Waals surface area contributed by atoms with Gasteiger partial charge in [-0.1, -0.05) is 24.3 Å². The Balaban J connectivity index is 1.83. The van der Waals surface area contributed by atoms with Crippen molar-refractivity contribution in [2.24, 2.45) is 0 Å². The Labute approximate surface area is 105 Å². The number of hydrogen-bond donors (Lipinski definition) is 2. The van der Waals surface area contributed by atoms with Crippen LogP contribution in [0.4, 0.5) is 0 Å². The standard InChI is InChI=1S/C12H13BO3S/c14-13(15)11-5-3-10(4-6-11)8-17-9-12-2-1-7-16-12/h1-7,14-15H,8-9H2. The lowest BCUT2D eigenvalue weighted by atomic mass is 9.80. The maximum Gasteiger partial charge on any atom is 0.488 e. The minimum atomic E-state index is -1.39. The van der Waals surface area contributed by atoms with Crippen molar-refractivity contribution in [3.8, 4) is 0 Å². The van der Waals surface area contributed by atoms with E-state index >= 15 is 0 Å². The van der Waals surface area contributed by atoms with Crippen LogP contribution >= 0.6 is 11.8 Å². The van der Waals surface area contributed by atoms with E-state index in [4.69, 9.17) is 14.5 Å². The molecule has 0 saturated carbocycles. The van der Waals surface area contributed by atoms with Crippen LogP contribution in [-0.4, -0.2) is 17.2 Å². The van der Waals surface area contributed by atoms with Gasteiger partial charge in [0.1, 0.15) is 5.76 Å². The van der Waals surface area contributed by atoms with Gasteiger partial charge in [-0.3, -0.25) is 0 Å². The fourth-order valence-corrected chi connectivity index (χ4v) is 2.35. The summed E-state index contributed by atoms with van der Waals surface area (Å²) in [5.41, 5.74) is 1.68. The molecule has 2 aromatic rings. The summed E-state index contributed by atoms with van der Waals surface area (Å²) in [4.78, 5) is 0. The van der Waals surface area contributed by atoms with Crippen LogP contribution in [0, 0.1) is 0 Å². The van der Waals surface area contributed by atoms with Gasteiger partial charge in [0.25, 0.3) is 0 Å². The van der Waals surface area contributed by atoms with E-state index in [2.05, 4.69) is 0 Å². The molecule has 2 N–H and O–H groups in total. The van der Waals surface area contributed by atoms with Crippen molar-refractivity contribution < 1.29 is 14.5 Å². The highest BCUT2D eigenvalue weighted by molar-refractivity contribution is 7.97. The molecular formula is C12H13BO3S. The molecule has 1 heterocycles. The first kappa shape index (κ1) is 12.3. The quantitative estimate of drug-likeness (QED) is 0.785. The second-order valence-electron chi connectivity index (χ2n) is 3.69. The third-order valence-corrected chi connectivity index (χ3v) is 3.40. The Hall–Kier alpha value is -1.17.